The van der Waals surface area contributed by atoms with Gasteiger partial charge in [-0.3, -0.25) is 9.59 Å². The molecule has 2 aromatic rings. The summed E-state index contributed by atoms with van der Waals surface area (Å²) in [4.78, 5) is 38.1. The molecule has 1 aliphatic rings. The fourth-order valence-corrected chi connectivity index (χ4v) is 2.96. The van der Waals surface area contributed by atoms with Crippen molar-refractivity contribution in [3.05, 3.63) is 65.2 Å². The molecular weight excluding hydrogens is 360 g/mol. The number of rotatable bonds is 5. The number of carbonyl (C=O) groups excluding carboxylic acids is 3. The minimum atomic E-state index is -0.364. The molecule has 0 atom stereocenters. The van der Waals surface area contributed by atoms with Gasteiger partial charge in [0.15, 0.2) is 0 Å². The number of amides is 2. The maximum Gasteiger partial charge on any atom is 0.409 e. The second-order valence-corrected chi connectivity index (χ2v) is 6.42. The summed E-state index contributed by atoms with van der Waals surface area (Å²) in [5.74, 6) is 0.621. The summed E-state index contributed by atoms with van der Waals surface area (Å²) in [6, 6.07) is 14.2. The van der Waals surface area contributed by atoms with E-state index in [0.717, 1.165) is 11.8 Å². The largest absolute Gasteiger partial charge is 0.489 e. The van der Waals surface area contributed by atoms with E-state index in [0.29, 0.717) is 49.7 Å². The number of aldehydes is 1. The van der Waals surface area contributed by atoms with E-state index < -0.39 is 0 Å². The summed E-state index contributed by atoms with van der Waals surface area (Å²) in [5.41, 5.74) is 2.14. The first-order chi connectivity index (χ1) is 13.6. The van der Waals surface area contributed by atoms with Crippen LogP contribution in [0.3, 0.4) is 0 Å². The maximum absolute atomic E-state index is 12.6. The number of ether oxygens (including phenoxy) is 2. The molecule has 7 heteroatoms. The minimum absolute atomic E-state index is 0.0542. The number of hydrogen-bond acceptors (Lipinski definition) is 5. The minimum Gasteiger partial charge on any atom is -0.489 e. The van der Waals surface area contributed by atoms with Crippen molar-refractivity contribution < 1.29 is 23.9 Å². The van der Waals surface area contributed by atoms with E-state index >= 15 is 0 Å². The van der Waals surface area contributed by atoms with Crippen molar-refractivity contribution in [2.45, 2.75) is 6.61 Å². The lowest BCUT2D eigenvalue weighted by atomic mass is 10.1. The molecule has 2 amide bonds. The highest BCUT2D eigenvalue weighted by Crippen LogP contribution is 2.15. The standard InChI is InChI=1S/C21H22N2O5/c1-27-21(26)23-12-10-22(11-13-23)20(25)18-6-2-17(3-7-18)15-28-19-8-4-16(14-24)5-9-19/h2-9,14H,10-13,15H2,1H3. The second-order valence-electron chi connectivity index (χ2n) is 6.42. The molecular formula is C21H22N2O5. The highest BCUT2D eigenvalue weighted by Gasteiger charge is 2.25. The Morgan fingerprint density at radius 2 is 1.54 bits per heavy atom. The van der Waals surface area contributed by atoms with Crippen LogP contribution in [0.4, 0.5) is 4.79 Å². The van der Waals surface area contributed by atoms with Gasteiger partial charge < -0.3 is 19.3 Å². The van der Waals surface area contributed by atoms with Crippen LogP contribution in [0.1, 0.15) is 26.3 Å². The van der Waals surface area contributed by atoms with E-state index in [9.17, 15) is 14.4 Å². The van der Waals surface area contributed by atoms with Crippen LogP contribution in [0, 0.1) is 0 Å². The van der Waals surface area contributed by atoms with Gasteiger partial charge in [-0.25, -0.2) is 4.79 Å². The van der Waals surface area contributed by atoms with E-state index in [-0.39, 0.29) is 12.0 Å². The highest BCUT2D eigenvalue weighted by atomic mass is 16.5. The van der Waals surface area contributed by atoms with E-state index in [1.54, 1.807) is 46.2 Å². The first-order valence-corrected chi connectivity index (χ1v) is 9.00. The van der Waals surface area contributed by atoms with Gasteiger partial charge in [0, 0.05) is 37.3 Å². The number of hydrogen-bond donors (Lipinski definition) is 0. The van der Waals surface area contributed by atoms with Gasteiger partial charge in [0.2, 0.25) is 0 Å². The third kappa shape index (κ3) is 4.68. The van der Waals surface area contributed by atoms with Crippen LogP contribution in [-0.4, -0.2) is 61.4 Å². The molecule has 28 heavy (non-hydrogen) atoms. The molecule has 0 N–H and O–H groups in total. The third-order valence-electron chi connectivity index (χ3n) is 4.62. The molecule has 7 nitrogen and oxygen atoms in total. The molecule has 0 spiro atoms. The molecule has 0 unspecified atom stereocenters. The summed E-state index contributed by atoms with van der Waals surface area (Å²) in [6.07, 6.45) is 0.423. The molecule has 2 aromatic carbocycles. The Labute approximate surface area is 163 Å². The van der Waals surface area contributed by atoms with Crippen LogP contribution in [0.2, 0.25) is 0 Å². The van der Waals surface area contributed by atoms with E-state index in [1.165, 1.54) is 7.11 Å². The van der Waals surface area contributed by atoms with Gasteiger partial charge in [-0.05, 0) is 42.0 Å². The second kappa shape index (κ2) is 9.03. The summed E-state index contributed by atoms with van der Waals surface area (Å²) >= 11 is 0. The lowest BCUT2D eigenvalue weighted by molar-refractivity contribution is 0.0599. The van der Waals surface area contributed by atoms with E-state index in [4.69, 9.17) is 9.47 Å². The van der Waals surface area contributed by atoms with Gasteiger partial charge in [0.25, 0.3) is 5.91 Å². The van der Waals surface area contributed by atoms with Gasteiger partial charge in [-0.1, -0.05) is 12.1 Å². The Kier molecular flexibility index (Phi) is 6.26. The first kappa shape index (κ1) is 19.4. The van der Waals surface area contributed by atoms with Gasteiger partial charge in [0.1, 0.15) is 18.6 Å². The van der Waals surface area contributed by atoms with Gasteiger partial charge in [0.05, 0.1) is 7.11 Å². The molecule has 146 valence electrons. The van der Waals surface area contributed by atoms with Crippen molar-refractivity contribution in [1.82, 2.24) is 9.80 Å². The van der Waals surface area contributed by atoms with Crippen LogP contribution in [0.5, 0.6) is 5.75 Å². The maximum atomic E-state index is 12.6. The Balaban J connectivity index is 1.52. The van der Waals surface area contributed by atoms with Gasteiger partial charge in [-0.2, -0.15) is 0 Å². The molecule has 0 saturated carbocycles. The zero-order valence-corrected chi connectivity index (χ0v) is 15.7. The van der Waals surface area contributed by atoms with Crippen molar-refractivity contribution in [3.63, 3.8) is 0 Å². The van der Waals surface area contributed by atoms with Crippen LogP contribution < -0.4 is 4.74 Å². The fraction of sp³-hybridized carbons (Fsp3) is 0.286. The normalized spacial score (nSPS) is 13.8. The van der Waals surface area contributed by atoms with Crippen LogP contribution in [0.25, 0.3) is 0 Å². The molecule has 1 fully saturated rings. The average Bonchev–Trinajstić information content (AvgIpc) is 2.77. The zero-order chi connectivity index (χ0) is 19.9. The van der Waals surface area contributed by atoms with E-state index in [2.05, 4.69) is 0 Å². The molecule has 1 heterocycles. The van der Waals surface area contributed by atoms with Crippen LogP contribution in [0.15, 0.2) is 48.5 Å². The zero-order valence-electron chi connectivity index (χ0n) is 15.7. The Bertz CT molecular complexity index is 825. The molecule has 0 aromatic heterocycles. The summed E-state index contributed by atoms with van der Waals surface area (Å²) in [5, 5.41) is 0. The number of nitrogens with zero attached hydrogens (tertiary/aromatic N) is 2. The molecule has 0 bridgehead atoms. The number of methoxy groups -OCH3 is 1. The lowest BCUT2D eigenvalue weighted by Gasteiger charge is -2.33. The van der Waals surface area contributed by atoms with Gasteiger partial charge >= 0.3 is 6.09 Å². The molecule has 0 radical (unpaired) electrons. The monoisotopic (exact) mass is 382 g/mol. The van der Waals surface area contributed by atoms with Gasteiger partial charge in [-0.15, -0.1) is 0 Å². The van der Waals surface area contributed by atoms with Crippen molar-refractivity contribution >= 4 is 18.3 Å². The predicted molar refractivity (Wildman–Crippen MR) is 102 cm³/mol. The number of piperazine rings is 1. The van der Waals surface area contributed by atoms with E-state index in [1.807, 2.05) is 12.1 Å². The molecule has 1 aliphatic heterocycles. The van der Waals surface area contributed by atoms with Crippen LogP contribution in [-0.2, 0) is 11.3 Å². The lowest BCUT2D eigenvalue weighted by Crippen LogP contribution is -2.50. The fourth-order valence-electron chi connectivity index (χ4n) is 2.96. The highest BCUT2D eigenvalue weighted by molar-refractivity contribution is 5.94. The molecule has 3 rings (SSSR count). The summed E-state index contributed by atoms with van der Waals surface area (Å²) < 4.78 is 10.4. The van der Waals surface area contributed by atoms with Crippen LogP contribution >= 0.6 is 0 Å². The smallest absolute Gasteiger partial charge is 0.409 e. The SMILES string of the molecule is COC(=O)N1CCN(C(=O)c2ccc(COc3ccc(C=O)cc3)cc2)CC1. The number of carbonyl (C=O) groups is 3. The van der Waals surface area contributed by atoms with Crippen molar-refractivity contribution in [2.75, 3.05) is 33.3 Å². The predicted octanol–water partition coefficient (Wildman–Crippen LogP) is 2.60. The Morgan fingerprint density at radius 3 is 2.11 bits per heavy atom. The molecule has 0 aliphatic carbocycles. The quantitative estimate of drug-likeness (QED) is 0.743. The number of benzene rings is 2. The first-order valence-electron chi connectivity index (χ1n) is 9.00. The van der Waals surface area contributed by atoms with Crippen molar-refractivity contribution in [3.8, 4) is 5.75 Å². The Hall–Kier alpha value is -3.35. The van der Waals surface area contributed by atoms with Crippen molar-refractivity contribution in [2.24, 2.45) is 0 Å². The van der Waals surface area contributed by atoms with Crippen molar-refractivity contribution in [1.29, 1.82) is 0 Å². The summed E-state index contributed by atoms with van der Waals surface area (Å²) in [6.45, 7) is 2.26. The Morgan fingerprint density at radius 1 is 0.929 bits per heavy atom. The third-order valence-corrected chi connectivity index (χ3v) is 4.62. The molecule has 1 saturated heterocycles. The topological polar surface area (TPSA) is 76.2 Å². The summed E-state index contributed by atoms with van der Waals surface area (Å²) in [7, 11) is 1.35. The average molecular weight is 382 g/mol.